The van der Waals surface area contributed by atoms with Crippen molar-refractivity contribution in [2.24, 2.45) is 0 Å². The van der Waals surface area contributed by atoms with Gasteiger partial charge in [-0.1, -0.05) is 20.3 Å². The fourth-order valence-electron chi connectivity index (χ4n) is 2.13. The van der Waals surface area contributed by atoms with Gasteiger partial charge >= 0.3 is 0 Å². The monoisotopic (exact) mass is 239 g/mol. The molecule has 0 spiro atoms. The van der Waals surface area contributed by atoms with Gasteiger partial charge in [-0.15, -0.1) is 0 Å². The molecule has 1 rings (SSSR count). The lowest BCUT2D eigenvalue weighted by Gasteiger charge is -2.21. The quantitative estimate of drug-likeness (QED) is 0.795. The molecule has 0 fully saturated rings. The second-order valence-electron chi connectivity index (χ2n) is 4.54. The summed E-state index contributed by atoms with van der Waals surface area (Å²) >= 11 is 0. The number of hydrogen-bond acceptors (Lipinski definition) is 3. The van der Waals surface area contributed by atoms with Gasteiger partial charge in [-0.05, 0) is 26.8 Å². The maximum absolute atomic E-state index is 5.43. The van der Waals surface area contributed by atoms with E-state index in [0.29, 0.717) is 12.1 Å². The lowest BCUT2D eigenvalue weighted by atomic mass is 10.1. The maximum atomic E-state index is 5.43. The van der Waals surface area contributed by atoms with Gasteiger partial charge in [-0.2, -0.15) is 5.10 Å². The van der Waals surface area contributed by atoms with Crippen LogP contribution >= 0.6 is 0 Å². The van der Waals surface area contributed by atoms with Crippen molar-refractivity contribution in [3.63, 3.8) is 0 Å². The van der Waals surface area contributed by atoms with Crippen LogP contribution in [0.3, 0.4) is 0 Å². The van der Waals surface area contributed by atoms with Gasteiger partial charge in [-0.3, -0.25) is 4.68 Å². The van der Waals surface area contributed by atoms with Gasteiger partial charge in [-0.25, -0.2) is 0 Å². The molecule has 1 aromatic rings. The van der Waals surface area contributed by atoms with Crippen LogP contribution in [0, 0.1) is 0 Å². The summed E-state index contributed by atoms with van der Waals surface area (Å²) in [6.07, 6.45) is 4.06. The number of ether oxygens (including phenoxy) is 1. The van der Waals surface area contributed by atoms with E-state index in [0.717, 1.165) is 25.1 Å². The maximum Gasteiger partial charge on any atom is 0.161 e. The van der Waals surface area contributed by atoms with Crippen LogP contribution in [0.1, 0.15) is 58.3 Å². The van der Waals surface area contributed by atoms with Crippen molar-refractivity contribution in [2.75, 3.05) is 13.7 Å². The molecule has 0 aliphatic heterocycles. The predicted octanol–water partition coefficient (Wildman–Crippen LogP) is 2.92. The van der Waals surface area contributed by atoms with Crippen molar-refractivity contribution < 1.29 is 4.74 Å². The lowest BCUT2D eigenvalue weighted by molar-refractivity contribution is 0.378. The van der Waals surface area contributed by atoms with Gasteiger partial charge in [0.2, 0.25) is 0 Å². The van der Waals surface area contributed by atoms with Gasteiger partial charge in [0.25, 0.3) is 0 Å². The predicted molar refractivity (Wildman–Crippen MR) is 70.5 cm³/mol. The number of methoxy groups -OCH3 is 1. The third-order valence-corrected chi connectivity index (χ3v) is 2.87. The van der Waals surface area contributed by atoms with Gasteiger partial charge < -0.3 is 10.1 Å². The normalized spacial score (nSPS) is 13.1. The first-order valence-corrected chi connectivity index (χ1v) is 6.50. The molecule has 98 valence electrons. The minimum absolute atomic E-state index is 0.324. The van der Waals surface area contributed by atoms with E-state index in [2.05, 4.69) is 42.8 Å². The number of hydrogen-bond donors (Lipinski definition) is 1. The molecule has 4 nitrogen and oxygen atoms in total. The zero-order valence-corrected chi connectivity index (χ0v) is 11.7. The molecule has 0 radical (unpaired) electrons. The Morgan fingerprint density at radius 2 is 2.12 bits per heavy atom. The summed E-state index contributed by atoms with van der Waals surface area (Å²) in [5, 5.41) is 7.94. The molecule has 0 amide bonds. The summed E-state index contributed by atoms with van der Waals surface area (Å²) in [7, 11) is 1.71. The Morgan fingerprint density at radius 3 is 2.59 bits per heavy atom. The fourth-order valence-corrected chi connectivity index (χ4v) is 2.13. The van der Waals surface area contributed by atoms with Crippen LogP contribution in [0.15, 0.2) is 6.20 Å². The molecule has 1 atom stereocenters. The molecule has 1 N–H and O–H groups in total. The van der Waals surface area contributed by atoms with Gasteiger partial charge in [0.1, 0.15) is 0 Å². The topological polar surface area (TPSA) is 39.1 Å². The molecule has 0 aliphatic carbocycles. The third-order valence-electron chi connectivity index (χ3n) is 2.87. The van der Waals surface area contributed by atoms with Gasteiger partial charge in [0, 0.05) is 6.04 Å². The average molecular weight is 239 g/mol. The Morgan fingerprint density at radius 1 is 1.41 bits per heavy atom. The largest absolute Gasteiger partial charge is 0.493 e. The molecule has 0 aliphatic rings. The van der Waals surface area contributed by atoms with Crippen LogP contribution in [0.4, 0.5) is 0 Å². The molecule has 0 saturated heterocycles. The minimum atomic E-state index is 0.324. The second kappa shape index (κ2) is 6.64. The number of rotatable bonds is 7. The Balaban J connectivity index is 3.08. The zero-order valence-electron chi connectivity index (χ0n) is 11.7. The summed E-state index contributed by atoms with van der Waals surface area (Å²) in [4.78, 5) is 0. The summed E-state index contributed by atoms with van der Waals surface area (Å²) in [5.74, 6) is 0.887. The van der Waals surface area contributed by atoms with Gasteiger partial charge in [0.05, 0.1) is 25.0 Å². The Kier molecular flexibility index (Phi) is 5.48. The summed E-state index contributed by atoms with van der Waals surface area (Å²) in [5.41, 5.74) is 1.17. The van der Waals surface area contributed by atoms with E-state index in [4.69, 9.17) is 4.74 Å². The Hall–Kier alpha value is -1.03. The van der Waals surface area contributed by atoms with E-state index in [-0.39, 0.29) is 0 Å². The molecule has 4 heteroatoms. The van der Waals surface area contributed by atoms with E-state index in [1.807, 2.05) is 6.20 Å². The first-order chi connectivity index (χ1) is 8.15. The first kappa shape index (κ1) is 14.0. The van der Waals surface area contributed by atoms with Crippen LogP contribution in [-0.4, -0.2) is 23.4 Å². The van der Waals surface area contributed by atoms with Crippen molar-refractivity contribution in [1.29, 1.82) is 0 Å². The smallest absolute Gasteiger partial charge is 0.161 e. The molecule has 1 unspecified atom stereocenters. The number of nitrogens with zero attached hydrogens (tertiary/aromatic N) is 2. The van der Waals surface area contributed by atoms with Crippen molar-refractivity contribution >= 4 is 0 Å². The fraction of sp³-hybridized carbons (Fsp3) is 0.769. The van der Waals surface area contributed by atoms with Crippen LogP contribution in [-0.2, 0) is 0 Å². The standard InChI is InChI=1S/C13H25N3O/c1-6-8-11(14-7-2)13-12(17-5)9-15-16(13)10(3)4/h9-11,14H,6-8H2,1-5H3. The second-order valence-corrected chi connectivity index (χ2v) is 4.54. The van der Waals surface area contributed by atoms with Crippen LogP contribution < -0.4 is 10.1 Å². The van der Waals surface area contributed by atoms with Crippen molar-refractivity contribution in [2.45, 2.75) is 52.6 Å². The number of nitrogens with one attached hydrogen (secondary N) is 1. The Bertz CT molecular complexity index is 327. The summed E-state index contributed by atoms with van der Waals surface area (Å²) in [6.45, 7) is 9.57. The first-order valence-electron chi connectivity index (χ1n) is 6.50. The van der Waals surface area contributed by atoms with Crippen LogP contribution in [0.25, 0.3) is 0 Å². The van der Waals surface area contributed by atoms with Crippen molar-refractivity contribution in [1.82, 2.24) is 15.1 Å². The van der Waals surface area contributed by atoms with E-state index >= 15 is 0 Å². The van der Waals surface area contributed by atoms with Crippen molar-refractivity contribution in [3.05, 3.63) is 11.9 Å². The molecule has 17 heavy (non-hydrogen) atoms. The highest BCUT2D eigenvalue weighted by Gasteiger charge is 2.21. The van der Waals surface area contributed by atoms with Crippen LogP contribution in [0.5, 0.6) is 5.75 Å². The van der Waals surface area contributed by atoms with E-state index in [1.165, 1.54) is 5.69 Å². The van der Waals surface area contributed by atoms with E-state index in [9.17, 15) is 0 Å². The summed E-state index contributed by atoms with van der Waals surface area (Å²) < 4.78 is 7.48. The molecule has 1 aromatic heterocycles. The molecule has 1 heterocycles. The molecule has 0 bridgehead atoms. The van der Waals surface area contributed by atoms with E-state index in [1.54, 1.807) is 7.11 Å². The molecular weight excluding hydrogens is 214 g/mol. The highest BCUT2D eigenvalue weighted by molar-refractivity contribution is 5.28. The lowest BCUT2D eigenvalue weighted by Crippen LogP contribution is -2.25. The molecule has 0 saturated carbocycles. The van der Waals surface area contributed by atoms with Crippen molar-refractivity contribution in [3.8, 4) is 5.75 Å². The Labute approximate surface area is 104 Å². The highest BCUT2D eigenvalue weighted by atomic mass is 16.5. The molecular formula is C13H25N3O. The average Bonchev–Trinajstić information content (AvgIpc) is 2.72. The highest BCUT2D eigenvalue weighted by Crippen LogP contribution is 2.29. The van der Waals surface area contributed by atoms with Gasteiger partial charge in [0.15, 0.2) is 5.75 Å². The molecule has 0 aromatic carbocycles. The SMILES string of the molecule is CCCC(NCC)c1c(OC)cnn1C(C)C. The van der Waals surface area contributed by atoms with Crippen LogP contribution in [0.2, 0.25) is 0 Å². The van der Waals surface area contributed by atoms with E-state index < -0.39 is 0 Å². The third kappa shape index (κ3) is 3.22. The minimum Gasteiger partial charge on any atom is -0.493 e. The summed E-state index contributed by atoms with van der Waals surface area (Å²) in [6, 6.07) is 0.678. The zero-order chi connectivity index (χ0) is 12.8. The number of aromatic nitrogens is 2.